The van der Waals surface area contributed by atoms with Crippen molar-refractivity contribution >= 4 is 63.2 Å². The van der Waals surface area contributed by atoms with Crippen LogP contribution in [0.25, 0.3) is 0 Å². The first-order valence-corrected chi connectivity index (χ1v) is 14.4. The molecule has 0 bridgehead atoms. The minimum atomic E-state index is -0.427. The van der Waals surface area contributed by atoms with Gasteiger partial charge in [-0.2, -0.15) is 0 Å². The van der Waals surface area contributed by atoms with Crippen LogP contribution >= 0.6 is 23.1 Å². The van der Waals surface area contributed by atoms with Gasteiger partial charge < -0.3 is 10.6 Å². The molecule has 1 aliphatic carbocycles. The Balaban J connectivity index is 1.44. The Labute approximate surface area is 239 Å². The number of nitro groups is 1. The molecule has 2 amide bonds. The molecular formula is C30H26N4O4S2. The summed E-state index contributed by atoms with van der Waals surface area (Å²) in [5.74, 6) is -0.422. The molecule has 0 spiro atoms. The molecule has 5 rings (SSSR count). The molecule has 202 valence electrons. The molecule has 0 fully saturated rings. The molecule has 0 aliphatic heterocycles. The van der Waals surface area contributed by atoms with Crippen molar-refractivity contribution in [1.82, 2.24) is 0 Å². The maximum Gasteiger partial charge on any atom is 0.283 e. The lowest BCUT2D eigenvalue weighted by Crippen LogP contribution is -2.14. The Morgan fingerprint density at radius 2 is 1.73 bits per heavy atom. The highest BCUT2D eigenvalue weighted by Gasteiger charge is 2.25. The lowest BCUT2D eigenvalue weighted by atomic mass is 9.95. The van der Waals surface area contributed by atoms with Crippen molar-refractivity contribution in [2.45, 2.75) is 42.4 Å². The number of anilines is 2. The summed E-state index contributed by atoms with van der Waals surface area (Å²) in [5, 5.41) is 18.3. The molecule has 1 heterocycles. The monoisotopic (exact) mass is 570 g/mol. The van der Waals surface area contributed by atoms with Gasteiger partial charge >= 0.3 is 0 Å². The molecule has 8 nitrogen and oxygen atoms in total. The van der Waals surface area contributed by atoms with Crippen LogP contribution in [0.4, 0.5) is 22.1 Å². The second-order valence-electron chi connectivity index (χ2n) is 9.23. The summed E-state index contributed by atoms with van der Waals surface area (Å²) < 4.78 is 0. The van der Waals surface area contributed by atoms with Crippen LogP contribution in [0, 0.1) is 10.1 Å². The average Bonchev–Trinajstić information content (AvgIpc) is 3.32. The molecule has 0 atom stereocenters. The number of rotatable bonds is 8. The Morgan fingerprint density at radius 1 is 0.975 bits per heavy atom. The Morgan fingerprint density at radius 3 is 2.50 bits per heavy atom. The molecule has 4 aromatic rings. The number of thiophene rings is 1. The van der Waals surface area contributed by atoms with Crippen molar-refractivity contribution in [2.24, 2.45) is 4.99 Å². The Hall–Kier alpha value is -4.28. The molecule has 40 heavy (non-hydrogen) atoms. The highest BCUT2D eigenvalue weighted by molar-refractivity contribution is 7.99. The number of amides is 2. The van der Waals surface area contributed by atoms with Crippen LogP contribution < -0.4 is 10.6 Å². The molecule has 1 aliphatic rings. The molecule has 2 N–H and O–H groups in total. The van der Waals surface area contributed by atoms with Crippen molar-refractivity contribution in [3.63, 3.8) is 0 Å². The number of hydrogen-bond acceptors (Lipinski definition) is 7. The van der Waals surface area contributed by atoms with Gasteiger partial charge in [0.2, 0.25) is 5.91 Å². The summed E-state index contributed by atoms with van der Waals surface area (Å²) in [6.45, 7) is 1.42. The molecule has 0 saturated carbocycles. The molecule has 0 saturated heterocycles. The number of nitro benzene ring substituents is 1. The van der Waals surface area contributed by atoms with Crippen molar-refractivity contribution in [2.75, 3.05) is 10.6 Å². The fraction of sp³-hybridized carbons (Fsp3) is 0.167. The number of benzene rings is 3. The first-order valence-electron chi connectivity index (χ1n) is 12.8. The van der Waals surface area contributed by atoms with Crippen LogP contribution in [0.3, 0.4) is 0 Å². The zero-order valence-electron chi connectivity index (χ0n) is 21.7. The zero-order chi connectivity index (χ0) is 28.1. The smallest absolute Gasteiger partial charge is 0.283 e. The molecule has 10 heteroatoms. The SMILES string of the molecule is CC(=O)Nc1ccccc1Sc1ccc(/C=N/c2sc3c(c2C(=O)Nc2ccccc2)CCCC3)cc1[N+](=O)[O-]. The predicted molar refractivity (Wildman–Crippen MR) is 161 cm³/mol. The summed E-state index contributed by atoms with van der Waals surface area (Å²) in [7, 11) is 0. The van der Waals surface area contributed by atoms with Crippen LogP contribution in [0.15, 0.2) is 87.6 Å². The molecular weight excluding hydrogens is 544 g/mol. The Kier molecular flexibility index (Phi) is 8.37. The van der Waals surface area contributed by atoms with Gasteiger partial charge in [-0.25, -0.2) is 4.99 Å². The van der Waals surface area contributed by atoms with Crippen LogP contribution in [-0.4, -0.2) is 23.0 Å². The summed E-state index contributed by atoms with van der Waals surface area (Å²) in [4.78, 5) is 43.4. The van der Waals surface area contributed by atoms with Crippen LogP contribution in [0.2, 0.25) is 0 Å². The van der Waals surface area contributed by atoms with E-state index in [9.17, 15) is 19.7 Å². The normalized spacial score (nSPS) is 12.6. The van der Waals surface area contributed by atoms with Gasteiger partial charge in [0, 0.05) is 34.7 Å². The van der Waals surface area contributed by atoms with Gasteiger partial charge in [0.25, 0.3) is 11.6 Å². The highest BCUT2D eigenvalue weighted by atomic mass is 32.2. The van der Waals surface area contributed by atoms with Gasteiger partial charge in [-0.3, -0.25) is 19.7 Å². The minimum absolute atomic E-state index is 0.0703. The number of nitrogens with one attached hydrogen (secondary N) is 2. The van der Waals surface area contributed by atoms with Crippen molar-refractivity contribution in [3.8, 4) is 0 Å². The van der Waals surface area contributed by atoms with Crippen molar-refractivity contribution in [3.05, 3.63) is 104 Å². The lowest BCUT2D eigenvalue weighted by Gasteiger charge is -2.12. The van der Waals surface area contributed by atoms with Gasteiger partial charge in [-0.1, -0.05) is 48.2 Å². The number of carbonyl (C=O) groups excluding carboxylic acids is 2. The number of fused-ring (bicyclic) bond motifs is 1. The van der Waals surface area contributed by atoms with Crippen molar-refractivity contribution < 1.29 is 14.5 Å². The molecule has 1 aromatic heterocycles. The largest absolute Gasteiger partial charge is 0.325 e. The van der Waals surface area contributed by atoms with E-state index in [1.54, 1.807) is 36.5 Å². The number of carbonyl (C=O) groups is 2. The second kappa shape index (κ2) is 12.3. The topological polar surface area (TPSA) is 114 Å². The minimum Gasteiger partial charge on any atom is -0.325 e. The van der Waals surface area contributed by atoms with E-state index >= 15 is 0 Å². The van der Waals surface area contributed by atoms with Gasteiger partial charge in [0.15, 0.2) is 0 Å². The van der Waals surface area contributed by atoms with E-state index in [0.29, 0.717) is 37.3 Å². The molecule has 3 aromatic carbocycles. The third kappa shape index (κ3) is 6.30. The number of para-hydroxylation sites is 2. The van der Waals surface area contributed by atoms with E-state index in [1.165, 1.54) is 41.0 Å². The lowest BCUT2D eigenvalue weighted by molar-refractivity contribution is -0.387. The van der Waals surface area contributed by atoms with Gasteiger partial charge in [-0.15, -0.1) is 11.3 Å². The third-order valence-corrected chi connectivity index (χ3v) is 8.68. The number of aliphatic imine (C=N–C) groups is 1. The van der Waals surface area contributed by atoms with Gasteiger partial charge in [0.05, 0.1) is 21.1 Å². The van der Waals surface area contributed by atoms with E-state index in [4.69, 9.17) is 0 Å². The highest BCUT2D eigenvalue weighted by Crippen LogP contribution is 2.41. The first-order chi connectivity index (χ1) is 19.4. The Bertz CT molecular complexity index is 1620. The van der Waals surface area contributed by atoms with E-state index in [0.717, 1.165) is 31.2 Å². The number of aryl methyl sites for hydroxylation is 1. The van der Waals surface area contributed by atoms with Gasteiger partial charge in [0.1, 0.15) is 5.00 Å². The standard InChI is InChI=1S/C30H26N4O4S2/c1-19(35)32-23-12-6-8-14-26(23)39-27-16-15-20(17-24(27)34(37)38)18-31-30-28(22-11-5-7-13-25(22)40-30)29(36)33-21-9-3-2-4-10-21/h2-4,6,8-10,12,14-18H,5,7,11,13H2,1H3,(H,32,35)(H,33,36)/b31-18+. The summed E-state index contributed by atoms with van der Waals surface area (Å²) in [6, 6.07) is 21.4. The fourth-order valence-corrected chi connectivity index (χ4v) is 6.75. The predicted octanol–water partition coefficient (Wildman–Crippen LogP) is 7.65. The quantitative estimate of drug-likeness (QED) is 0.128. The van der Waals surface area contributed by atoms with E-state index in [1.807, 2.05) is 36.4 Å². The first kappa shape index (κ1) is 27.3. The maximum atomic E-state index is 13.3. The summed E-state index contributed by atoms with van der Waals surface area (Å²) in [6.07, 6.45) is 5.42. The summed E-state index contributed by atoms with van der Waals surface area (Å²) >= 11 is 2.72. The van der Waals surface area contributed by atoms with E-state index < -0.39 is 4.92 Å². The van der Waals surface area contributed by atoms with Gasteiger partial charge in [-0.05, 0) is 67.1 Å². The van der Waals surface area contributed by atoms with Crippen LogP contribution in [0.1, 0.15) is 46.1 Å². The van der Waals surface area contributed by atoms with Crippen LogP contribution in [0.5, 0.6) is 0 Å². The number of hydrogen-bond donors (Lipinski definition) is 2. The number of nitrogens with zero attached hydrogens (tertiary/aromatic N) is 2. The van der Waals surface area contributed by atoms with Crippen molar-refractivity contribution in [1.29, 1.82) is 0 Å². The molecule has 0 radical (unpaired) electrons. The second-order valence-corrected chi connectivity index (χ2v) is 11.4. The third-order valence-electron chi connectivity index (χ3n) is 6.34. The van der Waals surface area contributed by atoms with Crippen LogP contribution in [-0.2, 0) is 17.6 Å². The van der Waals surface area contributed by atoms with E-state index in [2.05, 4.69) is 15.6 Å². The maximum absolute atomic E-state index is 13.3. The summed E-state index contributed by atoms with van der Waals surface area (Å²) in [5.41, 5.74) is 3.40. The average molecular weight is 571 g/mol. The fourth-order valence-electron chi connectivity index (χ4n) is 4.54. The zero-order valence-corrected chi connectivity index (χ0v) is 23.3. The van der Waals surface area contributed by atoms with E-state index in [-0.39, 0.29) is 17.5 Å². The molecule has 0 unspecified atom stereocenters.